The average molecular weight is 244 g/mol. The SMILES string of the molecule is O=C(O)CCCCCNc1ncc(Cl)cn1. The number of carbonyl (C=O) groups is 1. The highest BCUT2D eigenvalue weighted by atomic mass is 35.5. The molecule has 0 spiro atoms. The number of aromatic nitrogens is 2. The van der Waals surface area contributed by atoms with Crippen molar-refractivity contribution in [3.63, 3.8) is 0 Å². The molecule has 0 aliphatic rings. The van der Waals surface area contributed by atoms with E-state index in [1.165, 1.54) is 12.4 Å². The lowest BCUT2D eigenvalue weighted by atomic mass is 10.2. The minimum atomic E-state index is -0.742. The summed E-state index contributed by atoms with van der Waals surface area (Å²) in [4.78, 5) is 18.2. The van der Waals surface area contributed by atoms with Gasteiger partial charge in [0.15, 0.2) is 0 Å². The lowest BCUT2D eigenvalue weighted by molar-refractivity contribution is -0.137. The zero-order valence-corrected chi connectivity index (χ0v) is 9.57. The molecule has 5 nitrogen and oxygen atoms in total. The predicted molar refractivity (Wildman–Crippen MR) is 61.6 cm³/mol. The van der Waals surface area contributed by atoms with Crippen LogP contribution in [0.4, 0.5) is 5.95 Å². The lowest BCUT2D eigenvalue weighted by Crippen LogP contribution is -2.05. The lowest BCUT2D eigenvalue weighted by Gasteiger charge is -2.03. The molecule has 2 N–H and O–H groups in total. The minimum Gasteiger partial charge on any atom is -0.481 e. The van der Waals surface area contributed by atoms with Crippen LogP contribution in [0.2, 0.25) is 5.02 Å². The molecule has 0 unspecified atom stereocenters. The molecule has 0 atom stereocenters. The third-order valence-electron chi connectivity index (χ3n) is 1.97. The van der Waals surface area contributed by atoms with E-state index in [1.54, 1.807) is 0 Å². The fraction of sp³-hybridized carbons (Fsp3) is 0.500. The number of nitrogens with zero attached hydrogens (tertiary/aromatic N) is 2. The smallest absolute Gasteiger partial charge is 0.303 e. The molecular weight excluding hydrogens is 230 g/mol. The van der Waals surface area contributed by atoms with Crippen LogP contribution in [0, 0.1) is 0 Å². The summed E-state index contributed by atoms with van der Waals surface area (Å²) in [5.41, 5.74) is 0. The van der Waals surface area contributed by atoms with Gasteiger partial charge in [-0.05, 0) is 12.8 Å². The van der Waals surface area contributed by atoms with Gasteiger partial charge >= 0.3 is 5.97 Å². The molecule has 0 bridgehead atoms. The molecule has 0 fully saturated rings. The molecule has 1 heterocycles. The molecule has 1 aromatic rings. The highest BCUT2D eigenvalue weighted by molar-refractivity contribution is 6.30. The molecule has 0 aliphatic carbocycles. The van der Waals surface area contributed by atoms with E-state index < -0.39 is 5.97 Å². The summed E-state index contributed by atoms with van der Waals surface area (Å²) in [5.74, 6) is -0.198. The molecule has 1 rings (SSSR count). The number of unbranched alkanes of at least 4 members (excludes halogenated alkanes) is 2. The molecule has 0 radical (unpaired) electrons. The summed E-state index contributed by atoms with van der Waals surface area (Å²) >= 11 is 5.64. The Labute approximate surface area is 98.9 Å². The summed E-state index contributed by atoms with van der Waals surface area (Å²) in [6, 6.07) is 0. The zero-order chi connectivity index (χ0) is 11.8. The number of halogens is 1. The first kappa shape index (κ1) is 12.7. The number of carboxylic acid groups (broad SMARTS) is 1. The van der Waals surface area contributed by atoms with Crippen LogP contribution in [0.15, 0.2) is 12.4 Å². The van der Waals surface area contributed by atoms with Crippen LogP contribution in [-0.2, 0) is 4.79 Å². The van der Waals surface area contributed by atoms with E-state index in [9.17, 15) is 4.79 Å². The number of rotatable bonds is 7. The average Bonchev–Trinajstić information content (AvgIpc) is 2.25. The monoisotopic (exact) mass is 243 g/mol. The van der Waals surface area contributed by atoms with E-state index in [0.29, 0.717) is 17.4 Å². The predicted octanol–water partition coefficient (Wildman–Crippen LogP) is 2.19. The Morgan fingerprint density at radius 1 is 1.31 bits per heavy atom. The normalized spacial score (nSPS) is 10.1. The quantitative estimate of drug-likeness (QED) is 0.718. The van der Waals surface area contributed by atoms with Crippen molar-refractivity contribution in [3.8, 4) is 0 Å². The summed E-state index contributed by atoms with van der Waals surface area (Å²) < 4.78 is 0. The molecule has 0 amide bonds. The van der Waals surface area contributed by atoms with Gasteiger partial charge in [-0.1, -0.05) is 18.0 Å². The molecule has 88 valence electrons. The van der Waals surface area contributed by atoms with Gasteiger partial charge in [0, 0.05) is 13.0 Å². The van der Waals surface area contributed by atoms with Crippen molar-refractivity contribution in [2.45, 2.75) is 25.7 Å². The van der Waals surface area contributed by atoms with Gasteiger partial charge in [0.1, 0.15) is 0 Å². The van der Waals surface area contributed by atoms with Crippen LogP contribution in [-0.4, -0.2) is 27.6 Å². The maximum absolute atomic E-state index is 10.2. The number of hydrogen-bond donors (Lipinski definition) is 2. The Morgan fingerprint density at radius 3 is 2.62 bits per heavy atom. The van der Waals surface area contributed by atoms with Crippen molar-refractivity contribution >= 4 is 23.5 Å². The Kier molecular flexibility index (Phi) is 5.56. The van der Waals surface area contributed by atoms with Gasteiger partial charge in [-0.2, -0.15) is 0 Å². The van der Waals surface area contributed by atoms with Crippen LogP contribution in [0.25, 0.3) is 0 Å². The van der Waals surface area contributed by atoms with E-state index in [-0.39, 0.29) is 6.42 Å². The molecule has 16 heavy (non-hydrogen) atoms. The Morgan fingerprint density at radius 2 is 2.00 bits per heavy atom. The Balaban J connectivity index is 2.07. The Hall–Kier alpha value is -1.36. The molecule has 0 saturated carbocycles. The topological polar surface area (TPSA) is 75.1 Å². The van der Waals surface area contributed by atoms with E-state index >= 15 is 0 Å². The van der Waals surface area contributed by atoms with E-state index in [0.717, 1.165) is 19.4 Å². The molecule has 0 aromatic carbocycles. The second kappa shape index (κ2) is 7.00. The van der Waals surface area contributed by atoms with Gasteiger partial charge in [0.25, 0.3) is 0 Å². The zero-order valence-electron chi connectivity index (χ0n) is 8.82. The van der Waals surface area contributed by atoms with Crippen molar-refractivity contribution < 1.29 is 9.90 Å². The molecule has 0 aliphatic heterocycles. The van der Waals surface area contributed by atoms with Crippen LogP contribution in [0.1, 0.15) is 25.7 Å². The van der Waals surface area contributed by atoms with E-state index in [2.05, 4.69) is 15.3 Å². The number of anilines is 1. The fourth-order valence-electron chi connectivity index (χ4n) is 1.18. The van der Waals surface area contributed by atoms with E-state index in [4.69, 9.17) is 16.7 Å². The fourth-order valence-corrected chi connectivity index (χ4v) is 1.28. The van der Waals surface area contributed by atoms with Crippen LogP contribution in [0.5, 0.6) is 0 Å². The highest BCUT2D eigenvalue weighted by Gasteiger charge is 1.97. The van der Waals surface area contributed by atoms with Gasteiger partial charge in [-0.15, -0.1) is 0 Å². The number of aliphatic carboxylic acids is 1. The van der Waals surface area contributed by atoms with Crippen molar-refractivity contribution in [1.29, 1.82) is 0 Å². The van der Waals surface area contributed by atoms with Gasteiger partial charge in [0.05, 0.1) is 17.4 Å². The first-order valence-electron chi connectivity index (χ1n) is 5.11. The third-order valence-corrected chi connectivity index (χ3v) is 2.17. The second-order valence-corrected chi connectivity index (χ2v) is 3.79. The highest BCUT2D eigenvalue weighted by Crippen LogP contribution is 2.06. The van der Waals surface area contributed by atoms with Gasteiger partial charge in [-0.25, -0.2) is 9.97 Å². The van der Waals surface area contributed by atoms with Crippen LogP contribution < -0.4 is 5.32 Å². The van der Waals surface area contributed by atoms with Gasteiger partial charge < -0.3 is 10.4 Å². The molecular formula is C10H14ClN3O2. The van der Waals surface area contributed by atoms with Crippen molar-refractivity contribution in [2.75, 3.05) is 11.9 Å². The summed E-state index contributed by atoms with van der Waals surface area (Å²) in [6.45, 7) is 0.737. The maximum Gasteiger partial charge on any atom is 0.303 e. The van der Waals surface area contributed by atoms with Crippen LogP contribution >= 0.6 is 11.6 Å². The summed E-state index contributed by atoms with van der Waals surface area (Å²) in [7, 11) is 0. The first-order chi connectivity index (χ1) is 7.68. The largest absolute Gasteiger partial charge is 0.481 e. The maximum atomic E-state index is 10.2. The van der Waals surface area contributed by atoms with Crippen molar-refractivity contribution in [2.24, 2.45) is 0 Å². The first-order valence-corrected chi connectivity index (χ1v) is 5.49. The molecule has 1 aromatic heterocycles. The molecule has 0 saturated heterocycles. The number of carboxylic acids is 1. The Bertz CT molecular complexity index is 329. The van der Waals surface area contributed by atoms with E-state index in [1.807, 2.05) is 0 Å². The van der Waals surface area contributed by atoms with Crippen LogP contribution in [0.3, 0.4) is 0 Å². The van der Waals surface area contributed by atoms with Gasteiger partial charge in [0.2, 0.25) is 5.95 Å². The molecule has 6 heteroatoms. The summed E-state index contributed by atoms with van der Waals surface area (Å²) in [5, 5.41) is 12.0. The standard InChI is InChI=1S/C10H14ClN3O2/c11-8-6-13-10(14-7-8)12-5-3-1-2-4-9(15)16/h6-7H,1-5H2,(H,15,16)(H,12,13,14). The number of hydrogen-bond acceptors (Lipinski definition) is 4. The van der Waals surface area contributed by atoms with Crippen molar-refractivity contribution in [1.82, 2.24) is 9.97 Å². The minimum absolute atomic E-state index is 0.234. The third kappa shape index (κ3) is 5.50. The second-order valence-electron chi connectivity index (χ2n) is 3.36. The van der Waals surface area contributed by atoms with Crippen molar-refractivity contribution in [3.05, 3.63) is 17.4 Å². The van der Waals surface area contributed by atoms with Gasteiger partial charge in [-0.3, -0.25) is 4.79 Å². The summed E-state index contributed by atoms with van der Waals surface area (Å²) in [6.07, 6.45) is 5.78. The number of nitrogens with one attached hydrogen (secondary N) is 1.